The van der Waals surface area contributed by atoms with Gasteiger partial charge in [-0.25, -0.2) is 4.99 Å². The third kappa shape index (κ3) is 7.68. The van der Waals surface area contributed by atoms with E-state index in [1.807, 2.05) is 21.8 Å². The van der Waals surface area contributed by atoms with E-state index >= 15 is 0 Å². The first kappa shape index (κ1) is 23.2. The summed E-state index contributed by atoms with van der Waals surface area (Å²) in [6.45, 7) is 6.78. The van der Waals surface area contributed by atoms with Crippen LogP contribution in [0.15, 0.2) is 47.7 Å². The fraction of sp³-hybridized carbons (Fsp3) is 0.476. The number of hydrogen-bond acceptors (Lipinski definition) is 3. The average Bonchev–Trinajstić information content (AvgIpc) is 3.35. The maximum absolute atomic E-state index is 11.7. The molecule has 2 aromatic rings. The molecular weight excluding hydrogens is 479 g/mol. The summed E-state index contributed by atoms with van der Waals surface area (Å²) in [4.78, 5) is 18.3. The van der Waals surface area contributed by atoms with Crippen LogP contribution in [-0.2, 0) is 17.9 Å². The van der Waals surface area contributed by atoms with Crippen molar-refractivity contribution in [2.45, 2.75) is 39.3 Å². The summed E-state index contributed by atoms with van der Waals surface area (Å²) in [5.74, 6) is 1.10. The molecule has 7 nitrogen and oxygen atoms in total. The minimum atomic E-state index is 0. The monoisotopic (exact) mass is 510 g/mol. The van der Waals surface area contributed by atoms with Gasteiger partial charge in [0.25, 0.3) is 0 Å². The van der Waals surface area contributed by atoms with Gasteiger partial charge in [-0.3, -0.25) is 9.48 Å². The quantitative estimate of drug-likeness (QED) is 0.236. The first-order valence-corrected chi connectivity index (χ1v) is 10.1. The van der Waals surface area contributed by atoms with Gasteiger partial charge in [-0.05, 0) is 37.0 Å². The van der Waals surface area contributed by atoms with Crippen LogP contribution in [0.3, 0.4) is 0 Å². The number of hydrogen-bond donors (Lipinski definition) is 2. The summed E-state index contributed by atoms with van der Waals surface area (Å²) in [7, 11) is 0. The van der Waals surface area contributed by atoms with E-state index in [0.717, 1.165) is 51.5 Å². The van der Waals surface area contributed by atoms with E-state index in [-0.39, 0.29) is 29.9 Å². The Morgan fingerprint density at radius 3 is 2.83 bits per heavy atom. The predicted molar refractivity (Wildman–Crippen MR) is 126 cm³/mol. The second-order valence-corrected chi connectivity index (χ2v) is 6.98. The molecule has 0 saturated carbocycles. The summed E-state index contributed by atoms with van der Waals surface area (Å²) in [6, 6.07) is 10.4. The van der Waals surface area contributed by atoms with Gasteiger partial charge in [-0.15, -0.1) is 24.0 Å². The van der Waals surface area contributed by atoms with Crippen molar-refractivity contribution in [3.63, 3.8) is 0 Å². The lowest BCUT2D eigenvalue weighted by molar-refractivity contribution is -0.127. The fourth-order valence-corrected chi connectivity index (χ4v) is 3.34. The van der Waals surface area contributed by atoms with Crippen LogP contribution in [0.2, 0.25) is 0 Å². The number of guanidine groups is 1. The fourth-order valence-electron chi connectivity index (χ4n) is 3.34. The number of nitrogens with one attached hydrogen (secondary N) is 2. The molecule has 0 spiro atoms. The van der Waals surface area contributed by atoms with Crippen molar-refractivity contribution in [1.82, 2.24) is 25.3 Å². The molecule has 0 unspecified atom stereocenters. The van der Waals surface area contributed by atoms with E-state index in [9.17, 15) is 4.79 Å². The Labute approximate surface area is 190 Å². The highest BCUT2D eigenvalue weighted by atomic mass is 127. The topological polar surface area (TPSA) is 74.6 Å². The van der Waals surface area contributed by atoms with Crippen molar-refractivity contribution in [3.05, 3.63) is 53.9 Å². The number of benzene rings is 1. The molecule has 0 bridgehead atoms. The molecule has 8 heteroatoms. The molecule has 1 aromatic heterocycles. The van der Waals surface area contributed by atoms with Crippen LogP contribution in [-0.4, -0.2) is 52.7 Å². The molecule has 3 rings (SSSR count). The van der Waals surface area contributed by atoms with Gasteiger partial charge in [0.05, 0.1) is 13.1 Å². The van der Waals surface area contributed by atoms with Crippen LogP contribution < -0.4 is 10.6 Å². The number of amides is 1. The van der Waals surface area contributed by atoms with Crippen LogP contribution in [0, 0.1) is 0 Å². The first-order valence-electron chi connectivity index (χ1n) is 10.1. The van der Waals surface area contributed by atoms with E-state index in [4.69, 9.17) is 4.99 Å². The first-order chi connectivity index (χ1) is 13.7. The van der Waals surface area contributed by atoms with Crippen molar-refractivity contribution in [2.24, 2.45) is 4.99 Å². The summed E-state index contributed by atoms with van der Waals surface area (Å²) >= 11 is 0. The van der Waals surface area contributed by atoms with Crippen molar-refractivity contribution in [2.75, 3.05) is 26.2 Å². The number of likely N-dealkylation sites (tertiary alicyclic amines) is 1. The largest absolute Gasteiger partial charge is 0.357 e. The number of halogens is 1. The smallest absolute Gasteiger partial charge is 0.222 e. The summed E-state index contributed by atoms with van der Waals surface area (Å²) in [5.41, 5.74) is 2.38. The van der Waals surface area contributed by atoms with E-state index in [0.29, 0.717) is 13.0 Å². The SMILES string of the molecule is CCNC(=NCc1cccc(Cn2cccn2)c1)NCCCN1CCCC1=O.I. The number of carbonyl (C=O) groups excluding carboxylic acids is 1. The summed E-state index contributed by atoms with van der Waals surface area (Å²) in [6.07, 6.45) is 6.39. The number of rotatable bonds is 9. The Kier molecular flexibility index (Phi) is 9.96. The van der Waals surface area contributed by atoms with Gasteiger partial charge in [0.2, 0.25) is 5.91 Å². The molecule has 1 amide bonds. The van der Waals surface area contributed by atoms with Gasteiger partial charge in [0, 0.05) is 45.0 Å². The molecule has 158 valence electrons. The lowest BCUT2D eigenvalue weighted by Crippen LogP contribution is -2.39. The Balaban J connectivity index is 0.00000300. The van der Waals surface area contributed by atoms with E-state index < -0.39 is 0 Å². The number of nitrogens with zero attached hydrogens (tertiary/aromatic N) is 4. The van der Waals surface area contributed by atoms with Gasteiger partial charge < -0.3 is 15.5 Å². The van der Waals surface area contributed by atoms with E-state index in [1.54, 1.807) is 6.20 Å². The molecule has 1 aliphatic heterocycles. The molecule has 1 saturated heterocycles. The third-order valence-corrected chi connectivity index (χ3v) is 4.73. The minimum absolute atomic E-state index is 0. The summed E-state index contributed by atoms with van der Waals surface area (Å²) < 4.78 is 1.92. The molecule has 2 heterocycles. The van der Waals surface area contributed by atoms with Gasteiger partial charge in [0.1, 0.15) is 0 Å². The highest BCUT2D eigenvalue weighted by Crippen LogP contribution is 2.10. The van der Waals surface area contributed by atoms with Gasteiger partial charge in [-0.1, -0.05) is 24.3 Å². The standard InChI is InChI=1S/C21H30N6O.HI/c1-2-22-21(23-10-5-13-26-12-4-9-20(26)28)24-16-18-7-3-8-19(15-18)17-27-14-6-11-25-27;/h3,6-8,11,14-15H,2,4-5,9-10,12-13,16-17H2,1H3,(H2,22,23,24);1H. The zero-order chi connectivity index (χ0) is 19.6. The van der Waals surface area contributed by atoms with Crippen molar-refractivity contribution in [1.29, 1.82) is 0 Å². The van der Waals surface area contributed by atoms with Crippen molar-refractivity contribution >= 4 is 35.8 Å². The number of aromatic nitrogens is 2. The Hall–Kier alpha value is -2.10. The van der Waals surface area contributed by atoms with E-state index in [2.05, 4.69) is 46.9 Å². The average molecular weight is 510 g/mol. The lowest BCUT2D eigenvalue weighted by atomic mass is 10.1. The molecule has 0 radical (unpaired) electrons. The molecule has 0 aliphatic carbocycles. The van der Waals surface area contributed by atoms with Gasteiger partial charge in [-0.2, -0.15) is 5.10 Å². The highest BCUT2D eigenvalue weighted by Gasteiger charge is 2.18. The maximum Gasteiger partial charge on any atom is 0.222 e. The van der Waals surface area contributed by atoms with Crippen LogP contribution in [0.1, 0.15) is 37.3 Å². The van der Waals surface area contributed by atoms with Gasteiger partial charge >= 0.3 is 0 Å². The molecular formula is C21H31IN6O. The Bertz CT molecular complexity index is 777. The molecule has 29 heavy (non-hydrogen) atoms. The number of aliphatic imine (C=N–C) groups is 1. The minimum Gasteiger partial charge on any atom is -0.357 e. The van der Waals surface area contributed by atoms with Crippen molar-refractivity contribution < 1.29 is 4.79 Å². The normalized spacial score (nSPS) is 14.0. The molecule has 0 atom stereocenters. The van der Waals surface area contributed by atoms with Crippen LogP contribution >= 0.6 is 24.0 Å². The molecule has 2 N–H and O–H groups in total. The lowest BCUT2D eigenvalue weighted by Gasteiger charge is -2.16. The maximum atomic E-state index is 11.7. The molecule has 1 aliphatic rings. The molecule has 1 fully saturated rings. The number of carbonyl (C=O) groups is 1. The highest BCUT2D eigenvalue weighted by molar-refractivity contribution is 14.0. The van der Waals surface area contributed by atoms with Gasteiger partial charge in [0.15, 0.2) is 5.96 Å². The second kappa shape index (κ2) is 12.5. The van der Waals surface area contributed by atoms with Crippen LogP contribution in [0.5, 0.6) is 0 Å². The second-order valence-electron chi connectivity index (χ2n) is 6.98. The van der Waals surface area contributed by atoms with Crippen LogP contribution in [0.25, 0.3) is 0 Å². The predicted octanol–water partition coefficient (Wildman–Crippen LogP) is 2.62. The zero-order valence-electron chi connectivity index (χ0n) is 17.0. The Morgan fingerprint density at radius 1 is 1.24 bits per heavy atom. The zero-order valence-corrected chi connectivity index (χ0v) is 19.3. The van der Waals surface area contributed by atoms with E-state index in [1.165, 1.54) is 11.1 Å². The third-order valence-electron chi connectivity index (χ3n) is 4.73. The summed E-state index contributed by atoms with van der Waals surface area (Å²) in [5, 5.41) is 10.9. The van der Waals surface area contributed by atoms with Crippen molar-refractivity contribution in [3.8, 4) is 0 Å². The Morgan fingerprint density at radius 2 is 2.10 bits per heavy atom. The molecule has 1 aromatic carbocycles. The van der Waals surface area contributed by atoms with Crippen LogP contribution in [0.4, 0.5) is 0 Å².